The number of hydrogen-bond acceptors (Lipinski definition) is 4. The van der Waals surface area contributed by atoms with Crippen molar-refractivity contribution in [2.45, 2.75) is 13.0 Å². The predicted molar refractivity (Wildman–Crippen MR) is 56.7 cm³/mol. The van der Waals surface area contributed by atoms with Gasteiger partial charge in [-0.1, -0.05) is 12.1 Å². The second-order valence-electron chi connectivity index (χ2n) is 3.38. The van der Waals surface area contributed by atoms with Gasteiger partial charge in [0.15, 0.2) is 0 Å². The average Bonchev–Trinajstić information content (AvgIpc) is 2.18. The molecule has 1 aromatic carbocycles. The second kappa shape index (κ2) is 4.86. The van der Waals surface area contributed by atoms with Crippen molar-refractivity contribution >= 4 is 5.69 Å². The second-order valence-corrected chi connectivity index (χ2v) is 3.38. The van der Waals surface area contributed by atoms with Crippen LogP contribution in [0.25, 0.3) is 0 Å². The van der Waals surface area contributed by atoms with Crippen LogP contribution in [-0.4, -0.2) is 23.6 Å². The highest BCUT2D eigenvalue weighted by molar-refractivity contribution is 5.43. The molecule has 0 aliphatic heterocycles. The minimum Gasteiger partial charge on any atom is -0.387 e. The smallest absolute Gasteiger partial charge is 0.272 e. The maximum Gasteiger partial charge on any atom is 0.272 e. The predicted octanol–water partition coefficient (Wildman–Crippen LogP) is 1.16. The van der Waals surface area contributed by atoms with Crippen molar-refractivity contribution in [2.24, 2.45) is 0 Å². The molecule has 0 aliphatic rings. The van der Waals surface area contributed by atoms with Crippen LogP contribution in [0.15, 0.2) is 18.2 Å². The van der Waals surface area contributed by atoms with E-state index >= 15 is 0 Å². The Kier molecular flexibility index (Phi) is 3.76. The van der Waals surface area contributed by atoms with Gasteiger partial charge < -0.3 is 10.4 Å². The summed E-state index contributed by atoms with van der Waals surface area (Å²) in [6.07, 6.45) is -0.714. The number of aliphatic hydroxyl groups is 1. The highest BCUT2D eigenvalue weighted by Crippen LogP contribution is 2.22. The monoisotopic (exact) mass is 210 g/mol. The largest absolute Gasteiger partial charge is 0.387 e. The van der Waals surface area contributed by atoms with E-state index in [1.54, 1.807) is 26.1 Å². The van der Waals surface area contributed by atoms with E-state index in [9.17, 15) is 15.2 Å². The van der Waals surface area contributed by atoms with Crippen LogP contribution >= 0.6 is 0 Å². The van der Waals surface area contributed by atoms with E-state index in [0.29, 0.717) is 17.7 Å². The molecule has 5 nitrogen and oxygen atoms in total. The Morgan fingerprint density at radius 2 is 2.27 bits per heavy atom. The van der Waals surface area contributed by atoms with Crippen molar-refractivity contribution in [2.75, 3.05) is 13.6 Å². The molecule has 0 radical (unpaired) electrons. The molecule has 0 saturated carbocycles. The topological polar surface area (TPSA) is 75.4 Å². The third-order valence-electron chi connectivity index (χ3n) is 2.21. The summed E-state index contributed by atoms with van der Waals surface area (Å²) in [6.45, 7) is 2.05. The molecule has 0 fully saturated rings. The summed E-state index contributed by atoms with van der Waals surface area (Å²) < 4.78 is 0. The highest BCUT2D eigenvalue weighted by Gasteiger charge is 2.14. The van der Waals surface area contributed by atoms with Gasteiger partial charge in [-0.2, -0.15) is 0 Å². The Hall–Kier alpha value is -1.46. The molecule has 82 valence electrons. The summed E-state index contributed by atoms with van der Waals surface area (Å²) >= 11 is 0. The molecular formula is C10H14N2O3. The Morgan fingerprint density at radius 1 is 1.60 bits per heavy atom. The first kappa shape index (κ1) is 11.6. The number of rotatable bonds is 4. The molecule has 1 atom stereocenters. The zero-order valence-corrected chi connectivity index (χ0v) is 8.73. The van der Waals surface area contributed by atoms with Gasteiger partial charge in [0.05, 0.1) is 11.0 Å². The average molecular weight is 210 g/mol. The van der Waals surface area contributed by atoms with E-state index in [1.165, 1.54) is 6.07 Å². The van der Waals surface area contributed by atoms with Crippen molar-refractivity contribution in [3.63, 3.8) is 0 Å². The molecule has 2 N–H and O–H groups in total. The zero-order valence-electron chi connectivity index (χ0n) is 8.73. The number of hydrogen-bond donors (Lipinski definition) is 2. The quantitative estimate of drug-likeness (QED) is 0.577. The van der Waals surface area contributed by atoms with Crippen LogP contribution in [0.1, 0.15) is 17.2 Å². The van der Waals surface area contributed by atoms with Crippen molar-refractivity contribution in [1.29, 1.82) is 0 Å². The van der Waals surface area contributed by atoms with E-state index in [4.69, 9.17) is 0 Å². The maximum absolute atomic E-state index is 10.7. The number of nitrogens with one attached hydrogen (secondary N) is 1. The van der Waals surface area contributed by atoms with Gasteiger partial charge in [0, 0.05) is 18.2 Å². The molecule has 15 heavy (non-hydrogen) atoms. The van der Waals surface area contributed by atoms with Gasteiger partial charge in [0.25, 0.3) is 5.69 Å². The minimum atomic E-state index is -0.714. The molecule has 0 saturated heterocycles. The summed E-state index contributed by atoms with van der Waals surface area (Å²) in [5.74, 6) is 0. The zero-order chi connectivity index (χ0) is 11.4. The standard InChI is InChI=1S/C10H14N2O3/c1-7-3-4-8(10(13)6-11-2)5-9(7)12(14)15/h3-5,10-11,13H,6H2,1-2H3. The molecule has 0 aliphatic carbocycles. The van der Waals surface area contributed by atoms with Crippen molar-refractivity contribution in [1.82, 2.24) is 5.32 Å². The summed E-state index contributed by atoms with van der Waals surface area (Å²) in [5, 5.41) is 23.1. The van der Waals surface area contributed by atoms with Gasteiger partial charge in [-0.05, 0) is 19.5 Å². The summed E-state index contributed by atoms with van der Waals surface area (Å²) in [4.78, 5) is 10.2. The van der Waals surface area contributed by atoms with Crippen LogP contribution in [-0.2, 0) is 0 Å². The van der Waals surface area contributed by atoms with E-state index in [-0.39, 0.29) is 5.69 Å². The summed E-state index contributed by atoms with van der Waals surface area (Å²) in [7, 11) is 1.71. The normalized spacial score (nSPS) is 12.5. The van der Waals surface area contributed by atoms with Crippen molar-refractivity contribution in [3.05, 3.63) is 39.4 Å². The number of benzene rings is 1. The van der Waals surface area contributed by atoms with Crippen LogP contribution < -0.4 is 5.32 Å². The molecule has 5 heteroatoms. The first-order valence-electron chi connectivity index (χ1n) is 4.64. The Balaban J connectivity index is 3.02. The van der Waals surface area contributed by atoms with E-state index in [1.807, 2.05) is 0 Å². The molecule has 0 bridgehead atoms. The van der Waals surface area contributed by atoms with E-state index < -0.39 is 11.0 Å². The minimum absolute atomic E-state index is 0.0441. The molecule has 1 rings (SSSR count). The fraction of sp³-hybridized carbons (Fsp3) is 0.400. The summed E-state index contributed by atoms with van der Waals surface area (Å²) in [6, 6.07) is 4.76. The van der Waals surface area contributed by atoms with Gasteiger partial charge >= 0.3 is 0 Å². The Bertz CT molecular complexity index is 366. The first-order chi connectivity index (χ1) is 7.06. The fourth-order valence-corrected chi connectivity index (χ4v) is 1.34. The number of nitro groups is 1. The Morgan fingerprint density at radius 3 is 2.80 bits per heavy atom. The van der Waals surface area contributed by atoms with Crippen LogP contribution in [0.2, 0.25) is 0 Å². The lowest BCUT2D eigenvalue weighted by atomic mass is 10.1. The number of nitro benzene ring substituents is 1. The van der Waals surface area contributed by atoms with Crippen molar-refractivity contribution < 1.29 is 10.0 Å². The molecule has 1 unspecified atom stereocenters. The number of aliphatic hydroxyl groups excluding tert-OH is 1. The lowest BCUT2D eigenvalue weighted by Crippen LogP contribution is -2.16. The lowest BCUT2D eigenvalue weighted by Gasteiger charge is -2.10. The van der Waals surface area contributed by atoms with Gasteiger partial charge in [0.1, 0.15) is 0 Å². The molecule has 0 amide bonds. The maximum atomic E-state index is 10.7. The SMILES string of the molecule is CNCC(O)c1ccc(C)c([N+](=O)[O-])c1. The number of likely N-dealkylation sites (N-methyl/N-ethyl adjacent to an activating group) is 1. The molecule has 0 aromatic heterocycles. The molecule has 1 aromatic rings. The van der Waals surface area contributed by atoms with Crippen molar-refractivity contribution in [3.8, 4) is 0 Å². The summed E-state index contributed by atoms with van der Waals surface area (Å²) in [5.41, 5.74) is 1.20. The first-order valence-corrected chi connectivity index (χ1v) is 4.64. The fourth-order valence-electron chi connectivity index (χ4n) is 1.34. The van der Waals surface area contributed by atoms with Gasteiger partial charge in [-0.15, -0.1) is 0 Å². The third kappa shape index (κ3) is 2.74. The number of aryl methyl sites for hydroxylation is 1. The van der Waals surface area contributed by atoms with Gasteiger partial charge in [-0.3, -0.25) is 10.1 Å². The molecule has 0 heterocycles. The lowest BCUT2D eigenvalue weighted by molar-refractivity contribution is -0.385. The van der Waals surface area contributed by atoms with Gasteiger partial charge in [-0.25, -0.2) is 0 Å². The highest BCUT2D eigenvalue weighted by atomic mass is 16.6. The molecular weight excluding hydrogens is 196 g/mol. The van der Waals surface area contributed by atoms with Crippen LogP contribution in [0.5, 0.6) is 0 Å². The number of nitrogens with zero attached hydrogens (tertiary/aromatic N) is 1. The van der Waals surface area contributed by atoms with Crippen LogP contribution in [0.3, 0.4) is 0 Å². The third-order valence-corrected chi connectivity index (χ3v) is 2.21. The van der Waals surface area contributed by atoms with Crippen LogP contribution in [0.4, 0.5) is 5.69 Å². The van der Waals surface area contributed by atoms with E-state index in [2.05, 4.69) is 5.32 Å². The van der Waals surface area contributed by atoms with E-state index in [0.717, 1.165) is 0 Å². The Labute approximate surface area is 87.9 Å². The van der Waals surface area contributed by atoms with Gasteiger partial charge in [0.2, 0.25) is 0 Å². The van der Waals surface area contributed by atoms with Crippen LogP contribution in [0, 0.1) is 17.0 Å². The molecule has 0 spiro atoms.